The fourth-order valence-corrected chi connectivity index (χ4v) is 1.51. The van der Waals surface area contributed by atoms with E-state index in [1.807, 2.05) is 11.8 Å². The third-order valence-electron chi connectivity index (χ3n) is 1.76. The van der Waals surface area contributed by atoms with E-state index in [-0.39, 0.29) is 0 Å². The van der Waals surface area contributed by atoms with Gasteiger partial charge in [-0.1, -0.05) is 0 Å². The lowest BCUT2D eigenvalue weighted by atomic mass is 10.3. The van der Waals surface area contributed by atoms with Crippen molar-refractivity contribution in [3.05, 3.63) is 0 Å². The summed E-state index contributed by atoms with van der Waals surface area (Å²) in [5, 5.41) is 3.41. The van der Waals surface area contributed by atoms with Crippen molar-refractivity contribution in [1.29, 1.82) is 0 Å². The van der Waals surface area contributed by atoms with E-state index < -0.39 is 0 Å². The summed E-state index contributed by atoms with van der Waals surface area (Å²) in [7, 11) is 0. The molecular weight excluding hydrogens is 168 g/mol. The topological polar surface area (TPSA) is 38.0 Å². The van der Waals surface area contributed by atoms with Gasteiger partial charge in [0.05, 0.1) is 0 Å². The van der Waals surface area contributed by atoms with E-state index in [1.165, 1.54) is 31.6 Å². The lowest BCUT2D eigenvalue weighted by Gasteiger charge is -2.02. The van der Waals surface area contributed by atoms with Crippen LogP contribution in [0, 0.1) is 0 Å². The average Bonchev–Trinajstić information content (AvgIpc) is 2.10. The molecule has 0 heterocycles. The number of nitrogens with two attached hydrogens (primary N) is 1. The van der Waals surface area contributed by atoms with Crippen molar-refractivity contribution in [2.75, 3.05) is 31.6 Å². The number of hydrogen-bond donors (Lipinski definition) is 2. The zero-order valence-corrected chi connectivity index (χ0v) is 8.96. The maximum atomic E-state index is 5.38. The minimum absolute atomic E-state index is 0.828. The number of unbranched alkanes of at least 4 members (excludes halogenated alkanes) is 2. The van der Waals surface area contributed by atoms with Crippen molar-refractivity contribution in [3.63, 3.8) is 0 Å². The highest BCUT2D eigenvalue weighted by atomic mass is 32.2. The number of hydrogen-bond acceptors (Lipinski definition) is 3. The summed E-state index contributed by atoms with van der Waals surface area (Å²) in [5.41, 5.74) is 5.38. The Hall–Kier alpha value is 0.270. The first-order valence-corrected chi connectivity index (χ1v) is 6.21. The SMILES string of the molecule is CSCCCCNCCCCN. The molecule has 0 aliphatic heterocycles. The number of thioether (sulfide) groups is 1. The molecule has 2 nitrogen and oxygen atoms in total. The normalized spacial score (nSPS) is 10.5. The van der Waals surface area contributed by atoms with Crippen LogP contribution in [0.15, 0.2) is 0 Å². The van der Waals surface area contributed by atoms with Crippen LogP contribution in [0.4, 0.5) is 0 Å². The molecule has 0 aliphatic carbocycles. The lowest BCUT2D eigenvalue weighted by Crippen LogP contribution is -2.17. The van der Waals surface area contributed by atoms with Crippen molar-refractivity contribution in [2.45, 2.75) is 25.7 Å². The van der Waals surface area contributed by atoms with E-state index in [1.54, 1.807) is 0 Å². The molecule has 0 amide bonds. The van der Waals surface area contributed by atoms with Crippen molar-refractivity contribution < 1.29 is 0 Å². The van der Waals surface area contributed by atoms with Crippen LogP contribution >= 0.6 is 11.8 Å². The third kappa shape index (κ3) is 10.3. The van der Waals surface area contributed by atoms with Gasteiger partial charge < -0.3 is 11.1 Å². The van der Waals surface area contributed by atoms with E-state index in [0.717, 1.165) is 19.5 Å². The highest BCUT2D eigenvalue weighted by Crippen LogP contribution is 1.97. The minimum atomic E-state index is 0.828. The first kappa shape index (κ1) is 12.3. The van der Waals surface area contributed by atoms with Gasteiger partial charge in [0.25, 0.3) is 0 Å². The van der Waals surface area contributed by atoms with Gasteiger partial charge in [0.15, 0.2) is 0 Å². The van der Waals surface area contributed by atoms with E-state index in [9.17, 15) is 0 Å². The Morgan fingerprint density at radius 3 is 2.33 bits per heavy atom. The van der Waals surface area contributed by atoms with E-state index in [2.05, 4.69) is 11.6 Å². The standard InChI is InChI=1S/C9H22N2S/c1-12-9-5-4-8-11-7-3-2-6-10/h11H,2-10H2,1H3. The number of rotatable bonds is 9. The highest BCUT2D eigenvalue weighted by Gasteiger charge is 1.88. The van der Waals surface area contributed by atoms with E-state index in [0.29, 0.717) is 0 Å². The zero-order chi connectivity index (χ0) is 9.07. The van der Waals surface area contributed by atoms with Crippen molar-refractivity contribution >= 4 is 11.8 Å². The Kier molecular flexibility index (Phi) is 11.5. The van der Waals surface area contributed by atoms with Gasteiger partial charge in [-0.3, -0.25) is 0 Å². The van der Waals surface area contributed by atoms with Crippen LogP contribution in [0.5, 0.6) is 0 Å². The molecule has 0 atom stereocenters. The second-order valence-electron chi connectivity index (χ2n) is 2.95. The molecule has 0 spiro atoms. The van der Waals surface area contributed by atoms with Crippen molar-refractivity contribution in [2.24, 2.45) is 5.73 Å². The second-order valence-corrected chi connectivity index (χ2v) is 3.93. The van der Waals surface area contributed by atoms with Crippen LogP contribution in [-0.2, 0) is 0 Å². The average molecular weight is 190 g/mol. The van der Waals surface area contributed by atoms with Crippen LogP contribution in [0.2, 0.25) is 0 Å². The smallest absolute Gasteiger partial charge is 0.00484 e. The molecule has 0 radical (unpaired) electrons. The Morgan fingerprint density at radius 1 is 1.08 bits per heavy atom. The maximum absolute atomic E-state index is 5.38. The van der Waals surface area contributed by atoms with Crippen LogP contribution in [0.1, 0.15) is 25.7 Å². The largest absolute Gasteiger partial charge is 0.330 e. The summed E-state index contributed by atoms with van der Waals surface area (Å²) >= 11 is 1.93. The van der Waals surface area contributed by atoms with Crippen LogP contribution in [0.3, 0.4) is 0 Å². The molecule has 0 bridgehead atoms. The molecule has 0 unspecified atom stereocenters. The van der Waals surface area contributed by atoms with Gasteiger partial charge in [-0.25, -0.2) is 0 Å². The van der Waals surface area contributed by atoms with Gasteiger partial charge in [-0.2, -0.15) is 11.8 Å². The van der Waals surface area contributed by atoms with Crippen LogP contribution < -0.4 is 11.1 Å². The van der Waals surface area contributed by atoms with Crippen LogP contribution in [-0.4, -0.2) is 31.6 Å². The molecule has 0 saturated heterocycles. The molecule has 0 saturated carbocycles. The summed E-state index contributed by atoms with van der Waals surface area (Å²) in [6, 6.07) is 0. The Balaban J connectivity index is 2.73. The Bertz CT molecular complexity index is 68.9. The van der Waals surface area contributed by atoms with Gasteiger partial charge in [0.1, 0.15) is 0 Å². The fraction of sp³-hybridized carbons (Fsp3) is 1.00. The molecule has 0 aromatic carbocycles. The summed E-state index contributed by atoms with van der Waals surface area (Å²) in [4.78, 5) is 0. The molecular formula is C9H22N2S. The molecule has 3 heteroatoms. The molecule has 0 aromatic rings. The van der Waals surface area contributed by atoms with Gasteiger partial charge in [0, 0.05) is 0 Å². The summed E-state index contributed by atoms with van der Waals surface area (Å²) in [6.45, 7) is 3.13. The highest BCUT2D eigenvalue weighted by molar-refractivity contribution is 7.98. The Labute approximate surface area is 80.7 Å². The minimum Gasteiger partial charge on any atom is -0.330 e. The van der Waals surface area contributed by atoms with Crippen molar-refractivity contribution in [3.8, 4) is 0 Å². The summed E-state index contributed by atoms with van der Waals surface area (Å²) in [5.74, 6) is 1.30. The lowest BCUT2D eigenvalue weighted by molar-refractivity contribution is 0.604. The van der Waals surface area contributed by atoms with Gasteiger partial charge in [-0.05, 0) is 57.3 Å². The molecule has 0 aromatic heterocycles. The van der Waals surface area contributed by atoms with E-state index in [4.69, 9.17) is 5.73 Å². The molecule has 0 fully saturated rings. The second kappa shape index (κ2) is 11.3. The number of nitrogens with one attached hydrogen (secondary N) is 1. The van der Waals surface area contributed by atoms with Gasteiger partial charge in [-0.15, -0.1) is 0 Å². The molecule has 3 N–H and O–H groups in total. The first-order chi connectivity index (χ1) is 5.91. The molecule has 0 rings (SSSR count). The quantitative estimate of drug-likeness (QED) is 0.541. The predicted molar refractivity (Wildman–Crippen MR) is 58.8 cm³/mol. The third-order valence-corrected chi connectivity index (χ3v) is 2.46. The first-order valence-electron chi connectivity index (χ1n) is 4.81. The van der Waals surface area contributed by atoms with Gasteiger partial charge in [0.2, 0.25) is 0 Å². The van der Waals surface area contributed by atoms with E-state index >= 15 is 0 Å². The monoisotopic (exact) mass is 190 g/mol. The zero-order valence-electron chi connectivity index (χ0n) is 8.14. The fourth-order valence-electron chi connectivity index (χ4n) is 1.02. The Morgan fingerprint density at radius 2 is 1.75 bits per heavy atom. The maximum Gasteiger partial charge on any atom is -0.00484 e. The van der Waals surface area contributed by atoms with Crippen molar-refractivity contribution in [1.82, 2.24) is 5.32 Å². The van der Waals surface area contributed by atoms with Gasteiger partial charge >= 0.3 is 0 Å². The molecule has 74 valence electrons. The molecule has 0 aliphatic rings. The van der Waals surface area contributed by atoms with Crippen LogP contribution in [0.25, 0.3) is 0 Å². The summed E-state index contributed by atoms with van der Waals surface area (Å²) < 4.78 is 0. The predicted octanol–water partition coefficient (Wildman–Crippen LogP) is 1.46. The molecule has 12 heavy (non-hydrogen) atoms. The summed E-state index contributed by atoms with van der Waals surface area (Å²) in [6.07, 6.45) is 7.18.